The topological polar surface area (TPSA) is 92.2 Å². The summed E-state index contributed by atoms with van der Waals surface area (Å²) in [6, 6.07) is 18.9. The van der Waals surface area contributed by atoms with Crippen molar-refractivity contribution >= 4 is 35.4 Å². The number of carbonyl (C=O) groups excluding carboxylic acids is 1. The summed E-state index contributed by atoms with van der Waals surface area (Å²) in [5.41, 5.74) is 3.05. The molecule has 2 aromatic carbocycles. The first kappa shape index (κ1) is 27.3. The molecule has 1 atom stereocenters. The number of carboxylic acid groups (broad SMARTS) is 1. The molecule has 10 heteroatoms. The second kappa shape index (κ2) is 12.3. The number of likely N-dealkylation sites (tertiary alicyclic amines) is 1. The third-order valence-electron chi connectivity index (χ3n) is 7.07. The van der Waals surface area contributed by atoms with Gasteiger partial charge in [-0.05, 0) is 67.3 Å². The van der Waals surface area contributed by atoms with Crippen molar-refractivity contribution in [2.75, 3.05) is 25.4 Å². The summed E-state index contributed by atoms with van der Waals surface area (Å²) < 4.78 is 11.3. The molecule has 5 rings (SSSR count). The number of hydrogen-bond acceptors (Lipinski definition) is 7. The van der Waals surface area contributed by atoms with E-state index in [1.54, 1.807) is 0 Å². The van der Waals surface area contributed by atoms with E-state index in [-0.39, 0.29) is 23.9 Å². The average Bonchev–Trinajstić information content (AvgIpc) is 3.31. The summed E-state index contributed by atoms with van der Waals surface area (Å²) in [5, 5.41) is 9.48. The molecule has 1 unspecified atom stereocenters. The van der Waals surface area contributed by atoms with E-state index in [2.05, 4.69) is 9.88 Å². The van der Waals surface area contributed by atoms with Crippen molar-refractivity contribution in [1.29, 1.82) is 0 Å². The largest absolute Gasteiger partial charge is 0.481 e. The lowest BCUT2D eigenvalue weighted by Crippen LogP contribution is -2.46. The minimum absolute atomic E-state index is 0.0222. The quantitative estimate of drug-likeness (QED) is 0.307. The predicted molar refractivity (Wildman–Crippen MR) is 150 cm³/mol. The van der Waals surface area contributed by atoms with Crippen molar-refractivity contribution in [3.8, 4) is 11.6 Å². The highest BCUT2D eigenvalue weighted by Crippen LogP contribution is 2.34. The highest BCUT2D eigenvalue weighted by molar-refractivity contribution is 8.00. The van der Waals surface area contributed by atoms with E-state index in [1.807, 2.05) is 72.5 Å². The van der Waals surface area contributed by atoms with E-state index >= 15 is 0 Å². The highest BCUT2D eigenvalue weighted by atomic mass is 35.5. The highest BCUT2D eigenvalue weighted by Gasteiger charge is 2.40. The zero-order valence-electron chi connectivity index (χ0n) is 21.6. The minimum Gasteiger partial charge on any atom is -0.481 e. The number of benzene rings is 2. The van der Waals surface area contributed by atoms with E-state index in [0.29, 0.717) is 23.3 Å². The number of hydrogen-bond donors (Lipinski definition) is 1. The number of thioether (sulfide) groups is 1. The molecule has 39 heavy (non-hydrogen) atoms. The van der Waals surface area contributed by atoms with Crippen molar-refractivity contribution in [3.05, 3.63) is 82.5 Å². The zero-order valence-corrected chi connectivity index (χ0v) is 23.2. The number of carboxylic acids is 1. The molecule has 0 radical (unpaired) electrons. The van der Waals surface area contributed by atoms with Gasteiger partial charge >= 0.3 is 12.1 Å². The van der Waals surface area contributed by atoms with Gasteiger partial charge in [-0.1, -0.05) is 29.8 Å². The second-order valence-corrected chi connectivity index (χ2v) is 11.2. The van der Waals surface area contributed by atoms with Gasteiger partial charge in [0.05, 0.1) is 11.8 Å². The molecule has 3 aromatic rings. The summed E-state index contributed by atoms with van der Waals surface area (Å²) in [6.45, 7) is 4.87. The van der Waals surface area contributed by atoms with E-state index in [4.69, 9.17) is 26.2 Å². The summed E-state index contributed by atoms with van der Waals surface area (Å²) in [5.74, 6) is 0.339. The average molecular weight is 568 g/mol. The number of piperidine rings is 1. The van der Waals surface area contributed by atoms with Crippen LogP contribution >= 0.6 is 23.4 Å². The fourth-order valence-corrected chi connectivity index (χ4v) is 5.88. The molecule has 2 aliphatic rings. The van der Waals surface area contributed by atoms with Crippen LogP contribution in [-0.4, -0.2) is 63.4 Å². The maximum Gasteiger partial charge on any atom is 0.410 e. The van der Waals surface area contributed by atoms with Gasteiger partial charge in [0.15, 0.2) is 0 Å². The Hall–Kier alpha value is -3.27. The monoisotopic (exact) mass is 567 g/mol. The maximum absolute atomic E-state index is 12.6. The number of nitrogens with zero attached hydrogens (tertiary/aromatic N) is 3. The van der Waals surface area contributed by atoms with Gasteiger partial charge in [-0.15, -0.1) is 11.8 Å². The molecular weight excluding hydrogens is 538 g/mol. The van der Waals surface area contributed by atoms with Crippen molar-refractivity contribution in [1.82, 2.24) is 14.8 Å². The van der Waals surface area contributed by atoms with Gasteiger partial charge in [0, 0.05) is 47.4 Å². The Kier molecular flexibility index (Phi) is 8.60. The van der Waals surface area contributed by atoms with E-state index < -0.39 is 5.97 Å². The van der Waals surface area contributed by atoms with Crippen LogP contribution in [0.5, 0.6) is 11.6 Å². The van der Waals surface area contributed by atoms with Crippen molar-refractivity contribution in [3.63, 3.8) is 0 Å². The van der Waals surface area contributed by atoms with Crippen molar-refractivity contribution < 1.29 is 24.2 Å². The number of rotatable bonds is 9. The summed E-state index contributed by atoms with van der Waals surface area (Å²) in [7, 11) is 0. The molecule has 2 aliphatic heterocycles. The summed E-state index contributed by atoms with van der Waals surface area (Å²) in [4.78, 5) is 33.2. The van der Waals surface area contributed by atoms with Crippen LogP contribution in [0.25, 0.3) is 0 Å². The fraction of sp³-hybridized carbons (Fsp3) is 0.345. The number of halogens is 1. The lowest BCUT2D eigenvalue weighted by Gasteiger charge is -2.38. The molecule has 3 heterocycles. The van der Waals surface area contributed by atoms with Crippen LogP contribution in [0, 0.1) is 6.92 Å². The maximum atomic E-state index is 12.6. The Bertz CT molecular complexity index is 1330. The van der Waals surface area contributed by atoms with Crippen LogP contribution in [0.4, 0.5) is 4.79 Å². The van der Waals surface area contributed by atoms with Crippen LogP contribution in [0.15, 0.2) is 65.6 Å². The molecule has 2 saturated heterocycles. The van der Waals surface area contributed by atoms with E-state index in [9.17, 15) is 9.59 Å². The summed E-state index contributed by atoms with van der Waals surface area (Å²) in [6.07, 6.45) is 1.50. The van der Waals surface area contributed by atoms with Gasteiger partial charge in [0.1, 0.15) is 12.4 Å². The smallest absolute Gasteiger partial charge is 0.410 e. The number of cyclic esters (lactones) is 1. The van der Waals surface area contributed by atoms with Gasteiger partial charge in [-0.2, -0.15) is 0 Å². The molecule has 0 spiro atoms. The Balaban J connectivity index is 1.15. The number of carbonyl (C=O) groups is 2. The third-order valence-corrected chi connectivity index (χ3v) is 8.30. The van der Waals surface area contributed by atoms with Gasteiger partial charge in [0.2, 0.25) is 5.88 Å². The Labute approximate surface area is 236 Å². The summed E-state index contributed by atoms with van der Waals surface area (Å²) >= 11 is 7.46. The lowest BCUT2D eigenvalue weighted by molar-refractivity contribution is -0.133. The van der Waals surface area contributed by atoms with Crippen molar-refractivity contribution in [2.45, 2.75) is 43.3 Å². The molecule has 2 fully saturated rings. The fourth-order valence-electron chi connectivity index (χ4n) is 5.06. The lowest BCUT2D eigenvalue weighted by atomic mass is 9.98. The SMILES string of the molecule is Cc1nc(Oc2ccc(SCC(=O)O)cc2)ccc1CN1CCC(N2C(=O)OCC2c2cccc(Cl)c2)CC1. The Morgan fingerprint density at radius 2 is 1.92 bits per heavy atom. The van der Waals surface area contributed by atoms with E-state index in [1.165, 1.54) is 11.8 Å². The molecule has 8 nitrogen and oxygen atoms in total. The Morgan fingerprint density at radius 1 is 1.15 bits per heavy atom. The van der Waals surface area contributed by atoms with Gasteiger partial charge in [0.25, 0.3) is 0 Å². The first-order valence-corrected chi connectivity index (χ1v) is 14.2. The second-order valence-electron chi connectivity index (χ2n) is 9.71. The molecule has 0 saturated carbocycles. The molecule has 1 N–H and O–H groups in total. The van der Waals surface area contributed by atoms with Crippen LogP contribution in [0.2, 0.25) is 5.02 Å². The van der Waals surface area contributed by atoms with Gasteiger partial charge in [-0.25, -0.2) is 9.78 Å². The van der Waals surface area contributed by atoms with Crippen LogP contribution in [-0.2, 0) is 16.1 Å². The van der Waals surface area contributed by atoms with Crippen LogP contribution in [0.3, 0.4) is 0 Å². The van der Waals surface area contributed by atoms with Gasteiger partial charge in [-0.3, -0.25) is 14.6 Å². The van der Waals surface area contributed by atoms with Crippen LogP contribution < -0.4 is 4.74 Å². The standard InChI is InChI=1S/C29H30ClN3O5S/c1-19-21(5-10-27(31-19)38-24-6-8-25(9-7-24)39-18-28(34)35)16-32-13-11-23(12-14-32)33-26(17-37-29(33)36)20-3-2-4-22(30)15-20/h2-10,15,23,26H,11-14,16-18H2,1H3,(H,34,35). The number of aromatic nitrogens is 1. The molecule has 1 amide bonds. The Morgan fingerprint density at radius 3 is 2.62 bits per heavy atom. The van der Waals surface area contributed by atoms with Crippen LogP contribution in [0.1, 0.15) is 35.7 Å². The third kappa shape index (κ3) is 6.84. The zero-order chi connectivity index (χ0) is 27.4. The number of pyridine rings is 1. The number of aliphatic carboxylic acids is 1. The van der Waals surface area contributed by atoms with E-state index in [0.717, 1.165) is 54.2 Å². The molecule has 0 aliphatic carbocycles. The normalized spacial score (nSPS) is 18.3. The molecule has 204 valence electrons. The first-order valence-electron chi connectivity index (χ1n) is 12.9. The predicted octanol–water partition coefficient (Wildman–Crippen LogP) is 6.17. The first-order chi connectivity index (χ1) is 18.9. The molecule has 0 bridgehead atoms. The van der Waals surface area contributed by atoms with Crippen molar-refractivity contribution in [2.24, 2.45) is 0 Å². The number of amides is 1. The molecule has 1 aromatic heterocycles. The number of ether oxygens (including phenoxy) is 2. The van der Waals surface area contributed by atoms with Gasteiger partial charge < -0.3 is 14.6 Å². The minimum atomic E-state index is -0.844. The molecular formula is C29H30ClN3O5S. The number of aryl methyl sites for hydroxylation is 1.